The Balaban J connectivity index is 0.00000261. The lowest BCUT2D eigenvalue weighted by Gasteiger charge is -2.22. The zero-order valence-corrected chi connectivity index (χ0v) is 18.0. The number of likely N-dealkylation sites (N-methyl/N-ethyl adjacent to an activating group) is 1. The zero-order chi connectivity index (χ0) is 18.7. The lowest BCUT2D eigenvalue weighted by atomic mass is 10.1. The largest absolute Gasteiger partial charge is 0.308 e. The van der Waals surface area contributed by atoms with Gasteiger partial charge in [-0.15, -0.1) is 12.4 Å². The molecule has 0 N–H and O–H groups in total. The van der Waals surface area contributed by atoms with Gasteiger partial charge in [0.15, 0.2) is 5.13 Å². The van der Waals surface area contributed by atoms with E-state index < -0.39 is 0 Å². The molecule has 0 saturated carbocycles. The van der Waals surface area contributed by atoms with E-state index in [1.54, 1.807) is 4.90 Å². The number of halogens is 2. The Hall–Kier alpha value is -1.66. The molecule has 3 rings (SSSR count). The van der Waals surface area contributed by atoms with Crippen molar-refractivity contribution in [2.45, 2.75) is 13.3 Å². The quantitative estimate of drug-likeness (QED) is 0.570. The van der Waals surface area contributed by atoms with Gasteiger partial charge in [-0.1, -0.05) is 53.3 Å². The van der Waals surface area contributed by atoms with Crippen molar-refractivity contribution < 1.29 is 4.79 Å². The molecular formula is C20H23Cl2N3OS. The van der Waals surface area contributed by atoms with Crippen LogP contribution in [0.5, 0.6) is 0 Å². The first-order valence-electron chi connectivity index (χ1n) is 8.50. The first kappa shape index (κ1) is 21.6. The third kappa shape index (κ3) is 5.42. The molecule has 1 aromatic heterocycles. The maximum Gasteiger partial charge on any atom is 0.233 e. The molecule has 1 amide bonds. The van der Waals surface area contributed by atoms with Crippen molar-refractivity contribution in [2.75, 3.05) is 32.1 Å². The maximum atomic E-state index is 13.0. The minimum atomic E-state index is 0. The van der Waals surface area contributed by atoms with Gasteiger partial charge < -0.3 is 4.90 Å². The van der Waals surface area contributed by atoms with Crippen LogP contribution in [0, 0.1) is 6.92 Å². The van der Waals surface area contributed by atoms with Crippen molar-refractivity contribution in [1.82, 2.24) is 9.88 Å². The number of nitrogens with zero attached hydrogens (tertiary/aromatic N) is 3. The number of aryl methyl sites for hydroxylation is 1. The topological polar surface area (TPSA) is 36.4 Å². The highest BCUT2D eigenvalue weighted by Crippen LogP contribution is 2.33. The van der Waals surface area contributed by atoms with Gasteiger partial charge in [-0.2, -0.15) is 0 Å². The second kappa shape index (κ2) is 9.51. The van der Waals surface area contributed by atoms with E-state index in [1.165, 1.54) is 11.3 Å². The molecule has 7 heteroatoms. The maximum absolute atomic E-state index is 13.0. The number of anilines is 1. The third-order valence-electron chi connectivity index (χ3n) is 4.14. The molecule has 0 aliphatic heterocycles. The summed E-state index contributed by atoms with van der Waals surface area (Å²) in [6.45, 7) is 3.37. The van der Waals surface area contributed by atoms with Crippen molar-refractivity contribution in [3.8, 4) is 0 Å². The van der Waals surface area contributed by atoms with Crippen molar-refractivity contribution in [3.05, 3.63) is 58.6 Å². The normalized spacial score (nSPS) is 10.9. The fourth-order valence-electron chi connectivity index (χ4n) is 2.75. The van der Waals surface area contributed by atoms with E-state index in [-0.39, 0.29) is 18.3 Å². The molecule has 0 spiro atoms. The molecule has 0 saturated heterocycles. The molecule has 0 fully saturated rings. The van der Waals surface area contributed by atoms with Crippen LogP contribution in [0.3, 0.4) is 0 Å². The molecule has 0 atom stereocenters. The highest BCUT2D eigenvalue weighted by atomic mass is 35.5. The van der Waals surface area contributed by atoms with Gasteiger partial charge in [0.1, 0.15) is 0 Å². The molecule has 0 aliphatic carbocycles. The number of amides is 1. The minimum absolute atomic E-state index is 0. The number of carbonyl (C=O) groups is 1. The number of benzene rings is 2. The summed E-state index contributed by atoms with van der Waals surface area (Å²) in [5, 5.41) is 1.42. The van der Waals surface area contributed by atoms with E-state index in [2.05, 4.69) is 4.90 Å². The zero-order valence-electron chi connectivity index (χ0n) is 15.6. The Kier molecular flexibility index (Phi) is 7.62. The second-order valence-corrected chi connectivity index (χ2v) is 8.02. The number of aromatic nitrogens is 1. The molecule has 0 bridgehead atoms. The van der Waals surface area contributed by atoms with Gasteiger partial charge in [0.2, 0.25) is 5.91 Å². The number of rotatable bonds is 6. The highest BCUT2D eigenvalue weighted by Gasteiger charge is 2.21. The van der Waals surface area contributed by atoms with Crippen LogP contribution in [0.25, 0.3) is 10.2 Å². The van der Waals surface area contributed by atoms with E-state index in [1.807, 2.05) is 63.5 Å². The van der Waals surface area contributed by atoms with E-state index in [0.717, 1.165) is 33.0 Å². The molecule has 27 heavy (non-hydrogen) atoms. The average molecular weight is 424 g/mol. The first-order valence-corrected chi connectivity index (χ1v) is 9.69. The van der Waals surface area contributed by atoms with E-state index in [4.69, 9.17) is 16.6 Å². The van der Waals surface area contributed by atoms with Crippen LogP contribution in [0.2, 0.25) is 5.02 Å². The molecule has 0 unspecified atom stereocenters. The fourth-order valence-corrected chi connectivity index (χ4v) is 4.21. The molecule has 0 radical (unpaired) electrons. The van der Waals surface area contributed by atoms with E-state index in [0.29, 0.717) is 18.0 Å². The van der Waals surface area contributed by atoms with Crippen molar-refractivity contribution in [1.29, 1.82) is 0 Å². The Morgan fingerprint density at radius 2 is 1.85 bits per heavy atom. The smallest absolute Gasteiger partial charge is 0.233 e. The summed E-state index contributed by atoms with van der Waals surface area (Å²) in [4.78, 5) is 21.6. The summed E-state index contributed by atoms with van der Waals surface area (Å²) in [5.41, 5.74) is 2.95. The molecule has 144 valence electrons. The summed E-state index contributed by atoms with van der Waals surface area (Å²) < 4.78 is 1.01. The van der Waals surface area contributed by atoms with Crippen LogP contribution in [0.1, 0.15) is 11.1 Å². The van der Waals surface area contributed by atoms with Crippen molar-refractivity contribution in [2.24, 2.45) is 0 Å². The number of thiazole rings is 1. The van der Waals surface area contributed by atoms with Crippen LogP contribution < -0.4 is 4.90 Å². The van der Waals surface area contributed by atoms with Crippen LogP contribution in [0.4, 0.5) is 5.13 Å². The molecule has 3 aromatic rings. The van der Waals surface area contributed by atoms with Gasteiger partial charge in [-0.3, -0.25) is 9.69 Å². The summed E-state index contributed by atoms with van der Waals surface area (Å²) >= 11 is 7.69. The van der Waals surface area contributed by atoms with Gasteiger partial charge in [0, 0.05) is 18.1 Å². The van der Waals surface area contributed by atoms with Crippen molar-refractivity contribution in [3.63, 3.8) is 0 Å². The molecular weight excluding hydrogens is 401 g/mol. The lowest BCUT2D eigenvalue weighted by molar-refractivity contribution is -0.118. The summed E-state index contributed by atoms with van der Waals surface area (Å²) in [6, 6.07) is 13.6. The Morgan fingerprint density at radius 3 is 2.52 bits per heavy atom. The lowest BCUT2D eigenvalue weighted by Crippen LogP contribution is -2.37. The van der Waals surface area contributed by atoms with Gasteiger partial charge >= 0.3 is 0 Å². The number of fused-ring (bicyclic) bond motifs is 1. The molecule has 2 aromatic carbocycles. The molecule has 0 aliphatic rings. The Bertz CT molecular complexity index is 912. The average Bonchev–Trinajstić information content (AvgIpc) is 2.99. The van der Waals surface area contributed by atoms with Gasteiger partial charge in [-0.25, -0.2) is 4.98 Å². The fraction of sp³-hybridized carbons (Fsp3) is 0.300. The predicted molar refractivity (Wildman–Crippen MR) is 118 cm³/mol. The summed E-state index contributed by atoms with van der Waals surface area (Å²) in [7, 11) is 4.00. The SMILES string of the molecule is Cc1cc(Cl)cc2sc(N(CCN(C)C)C(=O)Cc3ccccc3)nc12.Cl. The van der Waals surface area contributed by atoms with Crippen LogP contribution in [-0.4, -0.2) is 43.0 Å². The summed E-state index contributed by atoms with van der Waals surface area (Å²) in [5.74, 6) is 0.0563. The Labute approximate surface area is 175 Å². The number of carbonyl (C=O) groups excluding carboxylic acids is 1. The first-order chi connectivity index (χ1) is 12.4. The third-order valence-corrected chi connectivity index (χ3v) is 5.38. The highest BCUT2D eigenvalue weighted by molar-refractivity contribution is 7.22. The summed E-state index contributed by atoms with van der Waals surface area (Å²) in [6.07, 6.45) is 0.365. The number of hydrogen-bond donors (Lipinski definition) is 0. The van der Waals surface area contributed by atoms with Crippen molar-refractivity contribution >= 4 is 56.6 Å². The van der Waals surface area contributed by atoms with Gasteiger partial charge in [-0.05, 0) is 44.3 Å². The number of hydrogen-bond acceptors (Lipinski definition) is 4. The van der Waals surface area contributed by atoms with Gasteiger partial charge in [0.05, 0.1) is 16.6 Å². The standard InChI is InChI=1S/C20H22ClN3OS.ClH/c1-14-11-16(21)13-17-19(14)22-20(26-17)24(10-9-23(2)3)18(25)12-15-7-5-4-6-8-15;/h4-8,11,13H,9-10,12H2,1-3H3;1H. The van der Waals surface area contributed by atoms with E-state index >= 15 is 0 Å². The van der Waals surface area contributed by atoms with Crippen LogP contribution >= 0.6 is 35.3 Å². The molecule has 1 heterocycles. The minimum Gasteiger partial charge on any atom is -0.308 e. The van der Waals surface area contributed by atoms with Gasteiger partial charge in [0.25, 0.3) is 0 Å². The monoisotopic (exact) mass is 423 g/mol. The Morgan fingerprint density at radius 1 is 1.15 bits per heavy atom. The predicted octanol–water partition coefficient (Wildman–Crippen LogP) is 4.82. The van der Waals surface area contributed by atoms with Crippen LogP contribution in [-0.2, 0) is 11.2 Å². The van der Waals surface area contributed by atoms with E-state index in [9.17, 15) is 4.79 Å². The molecule has 4 nitrogen and oxygen atoms in total. The second-order valence-electron chi connectivity index (χ2n) is 6.58. The van der Waals surface area contributed by atoms with Crippen LogP contribution in [0.15, 0.2) is 42.5 Å².